The lowest BCUT2D eigenvalue weighted by atomic mass is 9.85. The van der Waals surface area contributed by atoms with E-state index < -0.39 is 0 Å². The van der Waals surface area contributed by atoms with E-state index in [4.69, 9.17) is 21.1 Å². The van der Waals surface area contributed by atoms with Crippen LogP contribution in [0.4, 0.5) is 5.69 Å². The highest BCUT2D eigenvalue weighted by Gasteiger charge is 2.28. The molecule has 1 aliphatic carbocycles. The Bertz CT molecular complexity index is 1080. The van der Waals surface area contributed by atoms with Gasteiger partial charge in [0.15, 0.2) is 0 Å². The maximum atomic E-state index is 6.31. The molecule has 0 radical (unpaired) electrons. The van der Waals surface area contributed by atoms with E-state index in [1.54, 1.807) is 7.11 Å². The second-order valence-corrected chi connectivity index (χ2v) is 9.52. The first-order valence-corrected chi connectivity index (χ1v) is 11.7. The van der Waals surface area contributed by atoms with Crippen LogP contribution in [0.25, 0.3) is 11.1 Å². The number of benzene rings is 2. The Balaban J connectivity index is 1.58. The van der Waals surface area contributed by atoms with E-state index >= 15 is 0 Å². The lowest BCUT2D eigenvalue weighted by Crippen LogP contribution is -2.33. The van der Waals surface area contributed by atoms with Crippen LogP contribution in [-0.4, -0.2) is 25.4 Å². The number of nitrogens with one attached hydrogen (secondary N) is 1. The highest BCUT2D eigenvalue weighted by molar-refractivity contribution is 6.30. The molecule has 0 amide bonds. The fraction of sp³-hybridized carbons (Fsp3) is 0.357. The van der Waals surface area contributed by atoms with E-state index in [1.165, 1.54) is 27.8 Å². The van der Waals surface area contributed by atoms with Crippen molar-refractivity contribution in [2.75, 3.05) is 19.0 Å². The SMILES string of the molecule is COC1=C(c2ccc3c(c2)C(C(C)OCCc2cccc(Cl)c2)=CC(C)(C)N3)C=CCC1. The molecule has 0 fully saturated rings. The molecule has 1 aliphatic heterocycles. The van der Waals surface area contributed by atoms with Crippen molar-refractivity contribution in [2.24, 2.45) is 0 Å². The van der Waals surface area contributed by atoms with Crippen molar-refractivity contribution in [1.29, 1.82) is 0 Å². The van der Waals surface area contributed by atoms with Crippen LogP contribution in [0.2, 0.25) is 5.02 Å². The number of hydrogen-bond donors (Lipinski definition) is 1. The zero-order valence-corrected chi connectivity index (χ0v) is 20.1. The molecule has 1 N–H and O–H groups in total. The van der Waals surface area contributed by atoms with Gasteiger partial charge in [-0.05, 0) is 74.6 Å². The van der Waals surface area contributed by atoms with Crippen LogP contribution in [0.3, 0.4) is 0 Å². The van der Waals surface area contributed by atoms with E-state index in [-0.39, 0.29) is 11.6 Å². The molecule has 1 atom stereocenters. The van der Waals surface area contributed by atoms with Gasteiger partial charge in [-0.1, -0.05) is 48.0 Å². The zero-order chi connectivity index (χ0) is 22.7. The van der Waals surface area contributed by atoms with Crippen LogP contribution < -0.4 is 5.32 Å². The van der Waals surface area contributed by atoms with E-state index in [1.807, 2.05) is 18.2 Å². The molecule has 0 spiro atoms. The minimum absolute atomic E-state index is 0.0256. The largest absolute Gasteiger partial charge is 0.500 e. The second-order valence-electron chi connectivity index (χ2n) is 9.08. The minimum atomic E-state index is -0.143. The summed E-state index contributed by atoms with van der Waals surface area (Å²) in [5, 5.41) is 4.42. The lowest BCUT2D eigenvalue weighted by molar-refractivity contribution is 0.106. The molecule has 1 unspecified atom stereocenters. The summed E-state index contributed by atoms with van der Waals surface area (Å²) in [5.41, 5.74) is 6.94. The van der Waals surface area contributed by atoms with E-state index in [0.717, 1.165) is 35.7 Å². The molecule has 0 saturated carbocycles. The number of fused-ring (bicyclic) bond motifs is 1. The maximum absolute atomic E-state index is 6.31. The van der Waals surface area contributed by atoms with Gasteiger partial charge < -0.3 is 14.8 Å². The van der Waals surface area contributed by atoms with Crippen molar-refractivity contribution < 1.29 is 9.47 Å². The summed E-state index contributed by atoms with van der Waals surface area (Å²) in [5.74, 6) is 1.05. The summed E-state index contributed by atoms with van der Waals surface area (Å²) in [6, 6.07) is 14.6. The lowest BCUT2D eigenvalue weighted by Gasteiger charge is -2.34. The van der Waals surface area contributed by atoms with E-state index in [0.29, 0.717) is 6.61 Å². The van der Waals surface area contributed by atoms with Crippen molar-refractivity contribution in [1.82, 2.24) is 0 Å². The van der Waals surface area contributed by atoms with Crippen LogP contribution in [0.15, 0.2) is 66.5 Å². The maximum Gasteiger partial charge on any atom is 0.104 e. The fourth-order valence-corrected chi connectivity index (χ4v) is 4.71. The van der Waals surface area contributed by atoms with Gasteiger partial charge in [0.05, 0.1) is 25.4 Å². The molecule has 1 heterocycles. The molecule has 3 nitrogen and oxygen atoms in total. The van der Waals surface area contributed by atoms with Crippen molar-refractivity contribution in [3.63, 3.8) is 0 Å². The molecule has 0 bridgehead atoms. The van der Waals surface area contributed by atoms with Crippen LogP contribution >= 0.6 is 11.6 Å². The van der Waals surface area contributed by atoms with Gasteiger partial charge in [0, 0.05) is 28.3 Å². The van der Waals surface area contributed by atoms with Gasteiger partial charge in [-0.25, -0.2) is 0 Å². The quantitative estimate of drug-likeness (QED) is 0.481. The second kappa shape index (κ2) is 9.56. The van der Waals surface area contributed by atoms with Gasteiger partial charge in [0.25, 0.3) is 0 Å². The Morgan fingerprint density at radius 1 is 1.16 bits per heavy atom. The summed E-state index contributed by atoms with van der Waals surface area (Å²) < 4.78 is 12.0. The molecule has 4 heteroatoms. The number of halogens is 1. The topological polar surface area (TPSA) is 30.5 Å². The number of rotatable bonds is 7. The third kappa shape index (κ3) is 5.11. The predicted molar refractivity (Wildman–Crippen MR) is 135 cm³/mol. The monoisotopic (exact) mass is 449 g/mol. The van der Waals surface area contributed by atoms with Gasteiger partial charge in [0.2, 0.25) is 0 Å². The first kappa shape index (κ1) is 22.7. The molecule has 2 aromatic carbocycles. The van der Waals surface area contributed by atoms with Crippen molar-refractivity contribution >= 4 is 28.4 Å². The highest BCUT2D eigenvalue weighted by atomic mass is 35.5. The Morgan fingerprint density at radius 3 is 2.78 bits per heavy atom. The fourth-order valence-electron chi connectivity index (χ4n) is 4.49. The van der Waals surface area contributed by atoms with Gasteiger partial charge in [-0.15, -0.1) is 0 Å². The summed E-state index contributed by atoms with van der Waals surface area (Å²) in [6.45, 7) is 7.17. The molecule has 32 heavy (non-hydrogen) atoms. The molecule has 2 aliphatic rings. The molecule has 168 valence electrons. The Labute approximate surface area is 196 Å². The van der Waals surface area contributed by atoms with Gasteiger partial charge in [-0.3, -0.25) is 0 Å². The molecule has 0 aromatic heterocycles. The van der Waals surface area contributed by atoms with Crippen LogP contribution in [0.1, 0.15) is 50.3 Å². The standard InChI is InChI=1S/C28H32ClNO2/c1-19(32-15-14-20-8-7-9-22(29)16-20)25-18-28(2,3)30-26-13-12-21(17-24(25)26)23-10-5-6-11-27(23)31-4/h5,7-10,12-13,16-19,30H,6,11,14-15H2,1-4H3. The zero-order valence-electron chi connectivity index (χ0n) is 19.4. The number of allylic oxidation sites excluding steroid dienone is 4. The Hall–Kier alpha value is -2.49. The average molecular weight is 450 g/mol. The molecular formula is C28H32ClNO2. The minimum Gasteiger partial charge on any atom is -0.500 e. The molecule has 4 rings (SSSR count). The summed E-state index contributed by atoms with van der Waals surface area (Å²) in [6.07, 6.45) is 9.47. The van der Waals surface area contributed by atoms with E-state index in [9.17, 15) is 0 Å². The first-order chi connectivity index (χ1) is 15.4. The predicted octanol–water partition coefficient (Wildman–Crippen LogP) is 7.28. The van der Waals surface area contributed by atoms with Crippen LogP contribution in [-0.2, 0) is 15.9 Å². The Morgan fingerprint density at radius 2 is 2.00 bits per heavy atom. The van der Waals surface area contributed by atoms with Crippen LogP contribution in [0, 0.1) is 0 Å². The number of hydrogen-bond acceptors (Lipinski definition) is 3. The van der Waals surface area contributed by atoms with Gasteiger partial charge in [-0.2, -0.15) is 0 Å². The average Bonchev–Trinajstić information content (AvgIpc) is 2.77. The summed E-state index contributed by atoms with van der Waals surface area (Å²) in [7, 11) is 1.76. The Kier molecular flexibility index (Phi) is 6.78. The number of ether oxygens (including phenoxy) is 2. The molecule has 2 aromatic rings. The van der Waals surface area contributed by atoms with Gasteiger partial charge in [0.1, 0.15) is 5.76 Å². The molecular weight excluding hydrogens is 418 g/mol. The third-order valence-corrected chi connectivity index (χ3v) is 6.30. The van der Waals surface area contributed by atoms with Crippen LogP contribution in [0.5, 0.6) is 0 Å². The summed E-state index contributed by atoms with van der Waals surface area (Å²) >= 11 is 6.12. The van der Waals surface area contributed by atoms with Gasteiger partial charge >= 0.3 is 0 Å². The van der Waals surface area contributed by atoms with Crippen molar-refractivity contribution in [3.05, 3.63) is 88.2 Å². The smallest absolute Gasteiger partial charge is 0.104 e. The third-order valence-electron chi connectivity index (χ3n) is 6.07. The highest BCUT2D eigenvalue weighted by Crippen LogP contribution is 2.39. The van der Waals surface area contributed by atoms with E-state index in [2.05, 4.69) is 68.6 Å². The summed E-state index contributed by atoms with van der Waals surface area (Å²) in [4.78, 5) is 0. The number of anilines is 1. The number of methoxy groups -OCH3 is 1. The normalized spacial score (nSPS) is 18.0. The van der Waals surface area contributed by atoms with Crippen molar-refractivity contribution in [3.8, 4) is 0 Å². The first-order valence-electron chi connectivity index (χ1n) is 11.3. The molecule has 0 saturated heterocycles. The van der Waals surface area contributed by atoms with Crippen molar-refractivity contribution in [2.45, 2.75) is 51.7 Å².